The number of anilines is 1. The number of pyridine rings is 1. The maximum atomic E-state index is 5.49. The number of aromatic nitrogens is 1. The molecule has 0 atom stereocenters. The van der Waals surface area contributed by atoms with Crippen molar-refractivity contribution in [3.63, 3.8) is 0 Å². The summed E-state index contributed by atoms with van der Waals surface area (Å²) in [7, 11) is 0. The van der Waals surface area contributed by atoms with Crippen molar-refractivity contribution in [3.8, 4) is 0 Å². The van der Waals surface area contributed by atoms with Gasteiger partial charge in [-0.25, -0.2) is 10.8 Å². The van der Waals surface area contributed by atoms with Gasteiger partial charge in [0.25, 0.3) is 0 Å². The smallest absolute Gasteiger partial charge is 0.143 e. The third kappa shape index (κ3) is 1.65. The Labute approximate surface area is 113 Å². The van der Waals surface area contributed by atoms with Crippen LogP contribution in [0, 0.1) is 6.92 Å². The van der Waals surface area contributed by atoms with Gasteiger partial charge < -0.3 is 5.43 Å². The molecule has 0 saturated heterocycles. The zero-order chi connectivity index (χ0) is 12.7. The Bertz CT molecular complexity index is 753. The van der Waals surface area contributed by atoms with E-state index in [-0.39, 0.29) is 0 Å². The average molecular weight is 302 g/mol. The minimum absolute atomic E-state index is 0.718. The number of nitrogens with zero attached hydrogens (tertiary/aromatic N) is 1. The third-order valence-corrected chi connectivity index (χ3v) is 3.76. The molecule has 0 fully saturated rings. The number of halogens is 1. The summed E-state index contributed by atoms with van der Waals surface area (Å²) in [5.74, 6) is 6.21. The number of nitrogens with one attached hydrogen (secondary N) is 1. The van der Waals surface area contributed by atoms with Gasteiger partial charge in [0, 0.05) is 15.2 Å². The van der Waals surface area contributed by atoms with E-state index in [0.29, 0.717) is 0 Å². The van der Waals surface area contributed by atoms with Crippen LogP contribution in [-0.4, -0.2) is 4.98 Å². The summed E-state index contributed by atoms with van der Waals surface area (Å²) < 4.78 is 1.08. The van der Waals surface area contributed by atoms with Gasteiger partial charge in [-0.1, -0.05) is 40.2 Å². The number of nitrogens with two attached hydrogens (primary N) is 1. The van der Waals surface area contributed by atoms with Crippen LogP contribution in [-0.2, 0) is 0 Å². The van der Waals surface area contributed by atoms with E-state index in [1.165, 1.54) is 0 Å². The molecule has 3 aromatic rings. The first-order chi connectivity index (χ1) is 8.70. The molecule has 0 spiro atoms. The molecule has 0 aliphatic carbocycles. The molecule has 2 aromatic carbocycles. The standard InChI is InChI=1S/C14H12BrN3/c1-8-6-9-7-12(15)10-4-2-3-5-11(10)13(9)17-14(8)18-16/h2-7H,16H2,1H3,(H,17,18). The number of aryl methyl sites for hydroxylation is 1. The summed E-state index contributed by atoms with van der Waals surface area (Å²) in [6, 6.07) is 12.4. The molecule has 0 unspecified atom stereocenters. The molecule has 1 heterocycles. The van der Waals surface area contributed by atoms with Gasteiger partial charge in [0.1, 0.15) is 5.82 Å². The first kappa shape index (κ1) is 11.4. The van der Waals surface area contributed by atoms with Gasteiger partial charge in [-0.3, -0.25) is 0 Å². The van der Waals surface area contributed by atoms with Gasteiger partial charge in [0.15, 0.2) is 0 Å². The van der Waals surface area contributed by atoms with Crippen LogP contribution >= 0.6 is 15.9 Å². The fourth-order valence-electron chi connectivity index (χ4n) is 2.22. The van der Waals surface area contributed by atoms with E-state index in [2.05, 4.69) is 50.6 Å². The minimum Gasteiger partial charge on any atom is -0.308 e. The lowest BCUT2D eigenvalue weighted by Gasteiger charge is -2.09. The van der Waals surface area contributed by atoms with Crippen LogP contribution in [0.25, 0.3) is 21.7 Å². The van der Waals surface area contributed by atoms with Crippen molar-refractivity contribution >= 4 is 43.4 Å². The Balaban J connectivity index is 2.52. The zero-order valence-corrected chi connectivity index (χ0v) is 11.5. The van der Waals surface area contributed by atoms with E-state index in [0.717, 1.165) is 37.5 Å². The molecular formula is C14H12BrN3. The summed E-state index contributed by atoms with van der Waals surface area (Å²) >= 11 is 3.61. The van der Waals surface area contributed by atoms with Gasteiger partial charge in [-0.05, 0) is 30.0 Å². The lowest BCUT2D eigenvalue weighted by molar-refractivity contribution is 1.23. The Hall–Kier alpha value is -1.65. The number of hydrogen-bond acceptors (Lipinski definition) is 3. The highest BCUT2D eigenvalue weighted by atomic mass is 79.9. The van der Waals surface area contributed by atoms with E-state index in [9.17, 15) is 0 Å². The van der Waals surface area contributed by atoms with Crippen LogP contribution in [0.15, 0.2) is 40.9 Å². The van der Waals surface area contributed by atoms with Crippen LogP contribution in [0.1, 0.15) is 5.56 Å². The highest BCUT2D eigenvalue weighted by Gasteiger charge is 2.08. The van der Waals surface area contributed by atoms with E-state index in [1.54, 1.807) is 0 Å². The maximum Gasteiger partial charge on any atom is 0.143 e. The predicted octanol–water partition coefficient (Wildman–Crippen LogP) is 3.74. The molecule has 0 amide bonds. The lowest BCUT2D eigenvalue weighted by atomic mass is 10.0. The molecule has 0 aliphatic heterocycles. The normalized spacial score (nSPS) is 11.1. The summed E-state index contributed by atoms with van der Waals surface area (Å²) in [6.07, 6.45) is 0. The second-order valence-electron chi connectivity index (χ2n) is 4.27. The van der Waals surface area contributed by atoms with Crippen molar-refractivity contribution in [2.75, 3.05) is 5.43 Å². The summed E-state index contributed by atoms with van der Waals surface area (Å²) in [5.41, 5.74) is 4.64. The fourth-order valence-corrected chi connectivity index (χ4v) is 2.81. The Kier molecular flexibility index (Phi) is 2.69. The fraction of sp³-hybridized carbons (Fsp3) is 0.0714. The van der Waals surface area contributed by atoms with E-state index in [1.807, 2.05) is 19.1 Å². The van der Waals surface area contributed by atoms with Crippen molar-refractivity contribution in [3.05, 3.63) is 46.4 Å². The highest BCUT2D eigenvalue weighted by Crippen LogP contribution is 2.32. The molecule has 0 radical (unpaired) electrons. The Morgan fingerprint density at radius 3 is 2.61 bits per heavy atom. The van der Waals surface area contributed by atoms with E-state index >= 15 is 0 Å². The van der Waals surface area contributed by atoms with Crippen LogP contribution in [0.5, 0.6) is 0 Å². The molecule has 0 aliphatic rings. The molecular weight excluding hydrogens is 290 g/mol. The number of fused-ring (bicyclic) bond motifs is 3. The molecule has 4 heteroatoms. The van der Waals surface area contributed by atoms with Crippen molar-refractivity contribution in [1.29, 1.82) is 0 Å². The lowest BCUT2D eigenvalue weighted by Crippen LogP contribution is -2.10. The van der Waals surface area contributed by atoms with E-state index in [4.69, 9.17) is 5.84 Å². The Morgan fingerprint density at radius 2 is 1.89 bits per heavy atom. The molecule has 0 bridgehead atoms. The average Bonchev–Trinajstić information content (AvgIpc) is 2.38. The number of hydrazine groups is 1. The summed E-state index contributed by atoms with van der Waals surface area (Å²) in [6.45, 7) is 1.99. The predicted molar refractivity (Wildman–Crippen MR) is 79.5 cm³/mol. The quantitative estimate of drug-likeness (QED) is 0.409. The van der Waals surface area contributed by atoms with Gasteiger partial charge in [-0.15, -0.1) is 0 Å². The van der Waals surface area contributed by atoms with Crippen LogP contribution in [0.3, 0.4) is 0 Å². The topological polar surface area (TPSA) is 50.9 Å². The molecule has 3 rings (SSSR count). The van der Waals surface area contributed by atoms with Crippen molar-refractivity contribution in [2.45, 2.75) is 6.92 Å². The maximum absolute atomic E-state index is 5.49. The first-order valence-corrected chi connectivity index (χ1v) is 6.45. The SMILES string of the molecule is Cc1cc2cc(Br)c3ccccc3c2nc1NN. The number of nitrogen functional groups attached to an aromatic ring is 1. The van der Waals surface area contributed by atoms with Gasteiger partial charge in [-0.2, -0.15) is 0 Å². The number of rotatable bonds is 1. The second kappa shape index (κ2) is 4.23. The van der Waals surface area contributed by atoms with E-state index < -0.39 is 0 Å². The zero-order valence-electron chi connectivity index (χ0n) is 9.87. The monoisotopic (exact) mass is 301 g/mol. The second-order valence-corrected chi connectivity index (χ2v) is 5.13. The van der Waals surface area contributed by atoms with Crippen molar-refractivity contribution in [2.24, 2.45) is 5.84 Å². The molecule has 3 N–H and O–H groups in total. The van der Waals surface area contributed by atoms with Crippen LogP contribution < -0.4 is 11.3 Å². The third-order valence-electron chi connectivity index (χ3n) is 3.10. The van der Waals surface area contributed by atoms with Crippen molar-refractivity contribution in [1.82, 2.24) is 4.98 Å². The highest BCUT2D eigenvalue weighted by molar-refractivity contribution is 9.10. The van der Waals surface area contributed by atoms with Gasteiger partial charge in [0.05, 0.1) is 5.52 Å². The molecule has 1 aromatic heterocycles. The summed E-state index contributed by atoms with van der Waals surface area (Å²) in [5, 5.41) is 3.39. The molecule has 90 valence electrons. The molecule has 18 heavy (non-hydrogen) atoms. The number of hydrogen-bond donors (Lipinski definition) is 2. The molecule has 0 saturated carbocycles. The van der Waals surface area contributed by atoms with Crippen LogP contribution in [0.4, 0.5) is 5.82 Å². The summed E-state index contributed by atoms with van der Waals surface area (Å²) in [4.78, 5) is 4.61. The largest absolute Gasteiger partial charge is 0.308 e. The first-order valence-electron chi connectivity index (χ1n) is 5.66. The minimum atomic E-state index is 0.718. The van der Waals surface area contributed by atoms with Gasteiger partial charge >= 0.3 is 0 Å². The molecule has 3 nitrogen and oxygen atoms in total. The van der Waals surface area contributed by atoms with Crippen molar-refractivity contribution < 1.29 is 0 Å². The van der Waals surface area contributed by atoms with Crippen LogP contribution in [0.2, 0.25) is 0 Å². The Morgan fingerprint density at radius 1 is 1.17 bits per heavy atom. The number of benzene rings is 2. The van der Waals surface area contributed by atoms with Gasteiger partial charge in [0.2, 0.25) is 0 Å².